The molecule has 0 unspecified atom stereocenters. The number of pyridine rings is 1. The summed E-state index contributed by atoms with van der Waals surface area (Å²) in [6.07, 6.45) is 4.87. The number of carboxylic acids is 1. The highest BCUT2D eigenvalue weighted by Gasteiger charge is 2.27. The van der Waals surface area contributed by atoms with Crippen LogP contribution >= 0.6 is 15.9 Å². The van der Waals surface area contributed by atoms with E-state index in [2.05, 4.69) is 15.9 Å². The number of rotatable bonds is 5. The molecular weight excluding hydrogens is 352 g/mol. The van der Waals surface area contributed by atoms with Crippen molar-refractivity contribution in [3.63, 3.8) is 0 Å². The number of likely N-dealkylation sites (tertiary alicyclic amines) is 1. The molecule has 0 aromatic carbocycles. The molecule has 1 amide bonds. The summed E-state index contributed by atoms with van der Waals surface area (Å²) in [6.45, 7) is 0.619. The fourth-order valence-electron chi connectivity index (χ4n) is 2.78. The third-order valence-electron chi connectivity index (χ3n) is 3.89. The summed E-state index contributed by atoms with van der Waals surface area (Å²) in [6, 6.07) is 3.01. The van der Waals surface area contributed by atoms with Crippen molar-refractivity contribution in [1.82, 2.24) is 9.47 Å². The van der Waals surface area contributed by atoms with E-state index in [9.17, 15) is 14.4 Å². The first-order valence-corrected chi connectivity index (χ1v) is 8.14. The maximum absolute atomic E-state index is 12.5. The number of piperidine rings is 1. The van der Waals surface area contributed by atoms with Gasteiger partial charge in [0.15, 0.2) is 0 Å². The van der Waals surface area contributed by atoms with Gasteiger partial charge in [0.05, 0.1) is 0 Å². The Balaban J connectivity index is 2.06. The number of carboxylic acid groups (broad SMARTS) is 1. The van der Waals surface area contributed by atoms with Gasteiger partial charge >= 0.3 is 5.97 Å². The third-order valence-corrected chi connectivity index (χ3v) is 4.36. The summed E-state index contributed by atoms with van der Waals surface area (Å²) in [5.41, 5.74) is -0.226. The lowest BCUT2D eigenvalue weighted by Gasteiger charge is -2.35. The van der Waals surface area contributed by atoms with Crippen molar-refractivity contribution >= 4 is 27.8 Å². The average Bonchev–Trinajstić information content (AvgIpc) is 2.49. The first-order chi connectivity index (χ1) is 10.5. The van der Waals surface area contributed by atoms with Crippen LogP contribution in [0.4, 0.5) is 0 Å². The van der Waals surface area contributed by atoms with Crippen LogP contribution in [0.25, 0.3) is 0 Å². The van der Waals surface area contributed by atoms with E-state index in [0.717, 1.165) is 23.7 Å². The number of carbonyl (C=O) groups is 2. The summed E-state index contributed by atoms with van der Waals surface area (Å²) in [7, 11) is 0. The second kappa shape index (κ2) is 7.58. The minimum absolute atomic E-state index is 0.0121. The Kier molecular flexibility index (Phi) is 5.76. The quantitative estimate of drug-likeness (QED) is 0.857. The van der Waals surface area contributed by atoms with Crippen LogP contribution in [-0.2, 0) is 16.1 Å². The molecule has 1 aliphatic heterocycles. The number of nitrogens with zero attached hydrogens (tertiary/aromatic N) is 2. The van der Waals surface area contributed by atoms with E-state index in [-0.39, 0.29) is 30.5 Å². The number of carbonyl (C=O) groups excluding carboxylic acids is 1. The average molecular weight is 371 g/mol. The fourth-order valence-corrected chi connectivity index (χ4v) is 3.16. The Morgan fingerprint density at radius 3 is 2.82 bits per heavy atom. The lowest BCUT2D eigenvalue weighted by molar-refractivity contribution is -0.140. The Bertz CT molecular complexity index is 614. The second-order valence-electron chi connectivity index (χ2n) is 5.48. The van der Waals surface area contributed by atoms with E-state index in [1.807, 2.05) is 0 Å². The molecular formula is C15H19BrN2O4. The van der Waals surface area contributed by atoms with E-state index < -0.39 is 5.97 Å². The van der Waals surface area contributed by atoms with Crippen LogP contribution in [0.2, 0.25) is 0 Å². The smallest absolute Gasteiger partial charge is 0.303 e. The molecule has 1 aromatic heterocycles. The number of hydrogen-bond acceptors (Lipinski definition) is 3. The molecule has 1 atom stereocenters. The number of amides is 1. The summed E-state index contributed by atoms with van der Waals surface area (Å²) in [4.78, 5) is 36.7. The zero-order chi connectivity index (χ0) is 16.1. The van der Waals surface area contributed by atoms with Gasteiger partial charge in [0, 0.05) is 35.7 Å². The summed E-state index contributed by atoms with van der Waals surface area (Å²) >= 11 is 3.29. The number of aliphatic carboxylic acids is 1. The highest BCUT2D eigenvalue weighted by molar-refractivity contribution is 9.10. The molecule has 0 saturated carbocycles. The van der Waals surface area contributed by atoms with Crippen molar-refractivity contribution in [3.05, 3.63) is 33.2 Å². The first kappa shape index (κ1) is 16.7. The molecule has 2 rings (SSSR count). The lowest BCUT2D eigenvalue weighted by Crippen LogP contribution is -2.46. The first-order valence-electron chi connectivity index (χ1n) is 7.34. The standard InChI is InChI=1S/C15H19BrN2O4/c16-11-4-6-13(19)17(9-11)10-14(20)18-8-2-1-3-12(18)5-7-15(21)22/h4,6,9,12H,1-3,5,7-8,10H2,(H,21,22)/t12-/m1/s1. The molecule has 1 N–H and O–H groups in total. The van der Waals surface area contributed by atoms with Gasteiger partial charge in [-0.1, -0.05) is 0 Å². The largest absolute Gasteiger partial charge is 0.481 e. The van der Waals surface area contributed by atoms with Crippen molar-refractivity contribution in [2.24, 2.45) is 0 Å². The molecule has 1 aromatic rings. The lowest BCUT2D eigenvalue weighted by atomic mass is 9.98. The fraction of sp³-hybridized carbons (Fsp3) is 0.533. The second-order valence-corrected chi connectivity index (χ2v) is 6.40. The highest BCUT2D eigenvalue weighted by Crippen LogP contribution is 2.21. The minimum Gasteiger partial charge on any atom is -0.481 e. The monoisotopic (exact) mass is 370 g/mol. The van der Waals surface area contributed by atoms with Crippen LogP contribution in [0.5, 0.6) is 0 Å². The van der Waals surface area contributed by atoms with E-state index >= 15 is 0 Å². The normalized spacial score (nSPS) is 18.2. The van der Waals surface area contributed by atoms with Gasteiger partial charge in [-0.05, 0) is 47.7 Å². The number of aromatic nitrogens is 1. The summed E-state index contributed by atoms with van der Waals surface area (Å²) in [5, 5.41) is 8.82. The molecule has 1 aliphatic rings. The van der Waals surface area contributed by atoms with E-state index in [0.29, 0.717) is 13.0 Å². The molecule has 6 nitrogen and oxygen atoms in total. The topological polar surface area (TPSA) is 79.6 Å². The van der Waals surface area contributed by atoms with Crippen molar-refractivity contribution < 1.29 is 14.7 Å². The van der Waals surface area contributed by atoms with E-state index in [1.54, 1.807) is 17.2 Å². The molecule has 7 heteroatoms. The number of halogens is 1. The van der Waals surface area contributed by atoms with E-state index in [4.69, 9.17) is 5.11 Å². The minimum atomic E-state index is -0.846. The predicted octanol–water partition coefficient (Wildman–Crippen LogP) is 1.86. The van der Waals surface area contributed by atoms with Gasteiger partial charge in [0.2, 0.25) is 5.91 Å². The van der Waals surface area contributed by atoms with Crippen molar-refractivity contribution in [3.8, 4) is 0 Å². The molecule has 2 heterocycles. The van der Waals surface area contributed by atoms with Gasteiger partial charge in [-0.25, -0.2) is 0 Å². The maximum Gasteiger partial charge on any atom is 0.303 e. The summed E-state index contributed by atoms with van der Waals surface area (Å²) < 4.78 is 2.11. The van der Waals surface area contributed by atoms with Crippen LogP contribution < -0.4 is 5.56 Å². The predicted molar refractivity (Wildman–Crippen MR) is 84.6 cm³/mol. The van der Waals surface area contributed by atoms with Crippen molar-refractivity contribution in [1.29, 1.82) is 0 Å². The van der Waals surface area contributed by atoms with Crippen molar-refractivity contribution in [2.45, 2.75) is 44.7 Å². The SMILES string of the molecule is O=C(O)CC[C@H]1CCCCN1C(=O)Cn1cc(Br)ccc1=O. The Morgan fingerprint density at radius 1 is 1.32 bits per heavy atom. The Hall–Kier alpha value is -1.63. The molecule has 0 aliphatic carbocycles. The molecule has 1 fully saturated rings. The molecule has 120 valence electrons. The maximum atomic E-state index is 12.5. The van der Waals surface area contributed by atoms with Crippen molar-refractivity contribution in [2.75, 3.05) is 6.54 Å². The summed E-state index contributed by atoms with van der Waals surface area (Å²) in [5.74, 6) is -0.975. The van der Waals surface area contributed by atoms with Gasteiger partial charge in [0.1, 0.15) is 6.54 Å². The Morgan fingerprint density at radius 2 is 2.09 bits per heavy atom. The molecule has 0 spiro atoms. The van der Waals surface area contributed by atoms with Crippen LogP contribution in [-0.4, -0.2) is 39.0 Å². The molecule has 0 bridgehead atoms. The van der Waals surface area contributed by atoms with E-state index in [1.165, 1.54) is 10.6 Å². The zero-order valence-corrected chi connectivity index (χ0v) is 13.8. The Labute approximate surface area is 136 Å². The third kappa shape index (κ3) is 4.43. The van der Waals surface area contributed by atoms with Gasteiger partial charge in [-0.15, -0.1) is 0 Å². The molecule has 1 saturated heterocycles. The van der Waals surface area contributed by atoms with Crippen LogP contribution in [0.15, 0.2) is 27.6 Å². The van der Waals surface area contributed by atoms with Crippen LogP contribution in [0, 0.1) is 0 Å². The van der Waals surface area contributed by atoms with Crippen LogP contribution in [0.1, 0.15) is 32.1 Å². The van der Waals surface area contributed by atoms with Gasteiger partial charge in [-0.3, -0.25) is 14.4 Å². The highest BCUT2D eigenvalue weighted by atomic mass is 79.9. The number of hydrogen-bond donors (Lipinski definition) is 1. The molecule has 22 heavy (non-hydrogen) atoms. The van der Waals surface area contributed by atoms with Gasteiger partial charge < -0.3 is 14.6 Å². The zero-order valence-electron chi connectivity index (χ0n) is 12.2. The van der Waals surface area contributed by atoms with Crippen LogP contribution in [0.3, 0.4) is 0 Å². The van der Waals surface area contributed by atoms with Gasteiger partial charge in [0.25, 0.3) is 5.56 Å². The molecule has 0 radical (unpaired) electrons. The van der Waals surface area contributed by atoms with Gasteiger partial charge in [-0.2, -0.15) is 0 Å².